The molecule has 3 N–H and O–H groups in total. The molecule has 1 heterocycles. The number of nitrogens with one attached hydrogen (secondary N) is 1. The number of carbonyl (C=O) groups is 1. The second kappa shape index (κ2) is 6.74. The molecule has 2 rings (SSSR count). The van der Waals surface area contributed by atoms with Gasteiger partial charge in [0.15, 0.2) is 0 Å². The molecule has 21 heavy (non-hydrogen) atoms. The lowest BCUT2D eigenvalue weighted by Crippen LogP contribution is -2.33. The molecule has 0 aliphatic heterocycles. The average molecular weight is 398 g/mol. The maximum absolute atomic E-state index is 12.2. The zero-order chi connectivity index (χ0) is 15.6. The SMILES string of the molecule is O=C(O)c1cc(S(=O)(=O)NCC2CCCC(O)C2)c(Br)s1. The summed E-state index contributed by atoms with van der Waals surface area (Å²) in [5.41, 5.74) is 0. The van der Waals surface area contributed by atoms with Crippen LogP contribution in [0, 0.1) is 5.92 Å². The van der Waals surface area contributed by atoms with Crippen molar-refractivity contribution in [3.63, 3.8) is 0 Å². The van der Waals surface area contributed by atoms with Crippen molar-refractivity contribution in [2.75, 3.05) is 6.54 Å². The fourth-order valence-corrected chi connectivity index (χ4v) is 5.91. The van der Waals surface area contributed by atoms with Gasteiger partial charge in [-0.05, 0) is 47.2 Å². The molecule has 9 heteroatoms. The van der Waals surface area contributed by atoms with Gasteiger partial charge in [-0.3, -0.25) is 0 Å². The van der Waals surface area contributed by atoms with Crippen LogP contribution in [0.5, 0.6) is 0 Å². The van der Waals surface area contributed by atoms with Gasteiger partial charge in [0.1, 0.15) is 9.77 Å². The van der Waals surface area contributed by atoms with Crippen LogP contribution in [-0.2, 0) is 10.0 Å². The van der Waals surface area contributed by atoms with Gasteiger partial charge in [-0.1, -0.05) is 6.42 Å². The second-order valence-corrected chi connectivity index (χ2v) is 9.20. The zero-order valence-electron chi connectivity index (χ0n) is 11.1. The third-order valence-electron chi connectivity index (χ3n) is 3.47. The van der Waals surface area contributed by atoms with Gasteiger partial charge in [0.25, 0.3) is 0 Å². The Morgan fingerprint density at radius 2 is 2.19 bits per heavy atom. The van der Waals surface area contributed by atoms with E-state index in [1.807, 2.05) is 0 Å². The molecular formula is C12H16BrNO5S2. The van der Waals surface area contributed by atoms with E-state index < -0.39 is 16.0 Å². The Balaban J connectivity index is 2.06. The number of aliphatic hydroxyl groups excluding tert-OH is 1. The van der Waals surface area contributed by atoms with E-state index >= 15 is 0 Å². The highest BCUT2D eigenvalue weighted by molar-refractivity contribution is 9.11. The van der Waals surface area contributed by atoms with Crippen molar-refractivity contribution in [3.8, 4) is 0 Å². The van der Waals surface area contributed by atoms with Gasteiger partial charge >= 0.3 is 5.97 Å². The van der Waals surface area contributed by atoms with Crippen molar-refractivity contribution >= 4 is 43.3 Å². The van der Waals surface area contributed by atoms with Crippen molar-refractivity contribution in [3.05, 3.63) is 14.7 Å². The van der Waals surface area contributed by atoms with E-state index in [1.54, 1.807) is 0 Å². The molecule has 0 amide bonds. The fourth-order valence-electron chi connectivity index (χ4n) is 2.39. The number of halogens is 1. The van der Waals surface area contributed by atoms with Gasteiger partial charge in [-0.25, -0.2) is 17.9 Å². The van der Waals surface area contributed by atoms with Gasteiger partial charge in [0.05, 0.1) is 9.89 Å². The molecule has 1 fully saturated rings. The summed E-state index contributed by atoms with van der Waals surface area (Å²) in [7, 11) is -3.75. The molecule has 6 nitrogen and oxygen atoms in total. The molecule has 1 aliphatic rings. The Morgan fingerprint density at radius 3 is 2.76 bits per heavy atom. The van der Waals surface area contributed by atoms with Crippen molar-refractivity contribution in [2.24, 2.45) is 5.92 Å². The molecule has 2 atom stereocenters. The van der Waals surface area contributed by atoms with Gasteiger partial charge in [-0.15, -0.1) is 11.3 Å². The average Bonchev–Trinajstić information content (AvgIpc) is 2.80. The number of carboxylic acid groups (broad SMARTS) is 1. The fraction of sp³-hybridized carbons (Fsp3) is 0.583. The van der Waals surface area contributed by atoms with Crippen molar-refractivity contribution in [2.45, 2.75) is 36.7 Å². The molecule has 2 unspecified atom stereocenters. The standard InChI is InChI=1S/C12H16BrNO5S2/c13-11-10(5-9(20-11)12(16)17)21(18,19)14-6-7-2-1-3-8(15)4-7/h5,7-8,14-15H,1-4,6H2,(H,16,17). The minimum absolute atomic E-state index is 0.0321. The monoisotopic (exact) mass is 397 g/mol. The molecule has 0 spiro atoms. The van der Waals surface area contributed by atoms with Crippen LogP contribution in [0.3, 0.4) is 0 Å². The van der Waals surface area contributed by atoms with Gasteiger partial charge in [-0.2, -0.15) is 0 Å². The lowest BCUT2D eigenvalue weighted by molar-refractivity contribution is 0.0702. The van der Waals surface area contributed by atoms with Crippen LogP contribution < -0.4 is 4.72 Å². The zero-order valence-corrected chi connectivity index (χ0v) is 14.3. The van der Waals surface area contributed by atoms with Gasteiger partial charge in [0, 0.05) is 6.54 Å². The summed E-state index contributed by atoms with van der Waals surface area (Å²) in [4.78, 5) is 10.8. The molecule has 118 valence electrons. The lowest BCUT2D eigenvalue weighted by atomic mass is 9.87. The van der Waals surface area contributed by atoms with Crippen LogP contribution in [0.2, 0.25) is 0 Å². The minimum Gasteiger partial charge on any atom is -0.477 e. The number of aromatic carboxylic acids is 1. The molecule has 0 radical (unpaired) electrons. The highest BCUT2D eigenvalue weighted by Gasteiger charge is 2.26. The van der Waals surface area contributed by atoms with Crippen LogP contribution >= 0.6 is 27.3 Å². The summed E-state index contributed by atoms with van der Waals surface area (Å²) in [5.74, 6) is -1.04. The Kier molecular flexibility index (Phi) is 5.42. The molecular weight excluding hydrogens is 382 g/mol. The maximum atomic E-state index is 12.2. The van der Waals surface area contributed by atoms with Crippen molar-refractivity contribution in [1.82, 2.24) is 4.72 Å². The van der Waals surface area contributed by atoms with E-state index in [9.17, 15) is 18.3 Å². The molecule has 0 bridgehead atoms. The Hall–Kier alpha value is -0.480. The van der Waals surface area contributed by atoms with E-state index in [-0.39, 0.29) is 32.1 Å². The summed E-state index contributed by atoms with van der Waals surface area (Å²) in [6, 6.07) is 1.15. The van der Waals surface area contributed by atoms with Crippen LogP contribution in [-0.4, -0.2) is 37.2 Å². The third kappa shape index (κ3) is 4.26. The van der Waals surface area contributed by atoms with E-state index in [0.29, 0.717) is 6.42 Å². The van der Waals surface area contributed by atoms with Crippen molar-refractivity contribution < 1.29 is 23.4 Å². The summed E-state index contributed by atoms with van der Waals surface area (Å²) in [6.45, 7) is 0.254. The predicted octanol–water partition coefficient (Wildman–Crippen LogP) is 2.04. The molecule has 1 aromatic heterocycles. The summed E-state index contributed by atoms with van der Waals surface area (Å²) >= 11 is 3.96. The summed E-state index contributed by atoms with van der Waals surface area (Å²) < 4.78 is 27.2. The smallest absolute Gasteiger partial charge is 0.345 e. The topological polar surface area (TPSA) is 104 Å². The first-order valence-electron chi connectivity index (χ1n) is 6.50. The predicted molar refractivity (Wildman–Crippen MR) is 82.1 cm³/mol. The number of carboxylic acids is 1. The quantitative estimate of drug-likeness (QED) is 0.704. The third-order valence-corrected chi connectivity index (χ3v) is 7.14. The van der Waals surface area contributed by atoms with Gasteiger partial charge in [0.2, 0.25) is 10.0 Å². The Bertz CT molecular complexity index is 628. The Labute approximate surface area is 135 Å². The first-order chi connectivity index (χ1) is 9.79. The number of aliphatic hydroxyl groups is 1. The summed E-state index contributed by atoms with van der Waals surface area (Å²) in [5, 5.41) is 18.5. The lowest BCUT2D eigenvalue weighted by Gasteiger charge is -2.25. The molecule has 1 aliphatic carbocycles. The normalized spacial score (nSPS) is 23.1. The van der Waals surface area contributed by atoms with Crippen LogP contribution in [0.25, 0.3) is 0 Å². The van der Waals surface area contributed by atoms with E-state index in [0.717, 1.165) is 36.7 Å². The van der Waals surface area contributed by atoms with E-state index in [4.69, 9.17) is 5.11 Å². The Morgan fingerprint density at radius 1 is 1.48 bits per heavy atom. The highest BCUT2D eigenvalue weighted by atomic mass is 79.9. The van der Waals surface area contributed by atoms with Crippen LogP contribution in [0.4, 0.5) is 0 Å². The van der Waals surface area contributed by atoms with E-state index in [2.05, 4.69) is 20.7 Å². The van der Waals surface area contributed by atoms with E-state index in [1.165, 1.54) is 0 Å². The first kappa shape index (κ1) is 16.9. The number of hydrogen-bond acceptors (Lipinski definition) is 5. The molecule has 0 saturated heterocycles. The minimum atomic E-state index is -3.75. The first-order valence-corrected chi connectivity index (χ1v) is 9.59. The van der Waals surface area contributed by atoms with Crippen molar-refractivity contribution in [1.29, 1.82) is 0 Å². The molecule has 1 aromatic rings. The summed E-state index contributed by atoms with van der Waals surface area (Å²) in [6.07, 6.45) is 2.76. The van der Waals surface area contributed by atoms with Crippen LogP contribution in [0.1, 0.15) is 35.4 Å². The van der Waals surface area contributed by atoms with Gasteiger partial charge < -0.3 is 10.2 Å². The largest absolute Gasteiger partial charge is 0.477 e. The number of rotatable bonds is 5. The second-order valence-electron chi connectivity index (χ2n) is 5.09. The van der Waals surface area contributed by atoms with Crippen LogP contribution in [0.15, 0.2) is 14.7 Å². The molecule has 0 aromatic carbocycles. The molecule has 1 saturated carbocycles. The number of sulfonamides is 1. The highest BCUT2D eigenvalue weighted by Crippen LogP contribution is 2.32. The number of hydrogen-bond donors (Lipinski definition) is 3. The number of thiophene rings is 1. The maximum Gasteiger partial charge on any atom is 0.345 e.